The zero-order valence-electron chi connectivity index (χ0n) is 18.9. The lowest BCUT2D eigenvalue weighted by Gasteiger charge is -2.18. The summed E-state index contributed by atoms with van der Waals surface area (Å²) in [4.78, 5) is 32.2. The van der Waals surface area contributed by atoms with Crippen LogP contribution in [0.2, 0.25) is 5.02 Å². The van der Waals surface area contributed by atoms with Crippen LogP contribution in [0, 0.1) is 0 Å². The Balaban J connectivity index is 1.37. The second-order valence-electron chi connectivity index (χ2n) is 7.69. The maximum Gasteiger partial charge on any atom is 0.349 e. The van der Waals surface area contributed by atoms with Crippen LogP contribution in [0.4, 0.5) is 5.69 Å². The molecule has 2 aromatic heterocycles. The number of para-hydroxylation sites is 1. The molecule has 1 atom stereocenters. The molecule has 6 nitrogen and oxygen atoms in total. The molecule has 0 radical (unpaired) electrons. The highest BCUT2D eigenvalue weighted by Crippen LogP contribution is 2.35. The number of carbonyl (C=O) groups excluding carboxylic acids is 2. The average Bonchev–Trinajstić information content (AvgIpc) is 3.55. The normalized spacial score (nSPS) is 11.7. The average molecular weight is 535 g/mol. The molecule has 2 heterocycles. The molecule has 1 unspecified atom stereocenters. The van der Waals surface area contributed by atoms with Gasteiger partial charge in [-0.25, -0.2) is 9.78 Å². The number of nitrogens with one attached hydrogen (secondary N) is 1. The molecule has 5 aromatic rings. The van der Waals surface area contributed by atoms with Gasteiger partial charge in [-0.2, -0.15) is 0 Å². The molecule has 0 aliphatic rings. The molecule has 1 amide bonds. The predicted octanol–water partition coefficient (Wildman–Crippen LogP) is 7.22. The number of hydrogen-bond acceptors (Lipinski definition) is 7. The first-order valence-corrected chi connectivity index (χ1v) is 12.9. The molecule has 0 fully saturated rings. The first kappa shape index (κ1) is 24.0. The zero-order chi connectivity index (χ0) is 25.1. The van der Waals surface area contributed by atoms with E-state index in [9.17, 15) is 9.59 Å². The minimum atomic E-state index is -1.16. The number of methoxy groups -OCH3 is 1. The van der Waals surface area contributed by atoms with Crippen LogP contribution in [-0.4, -0.2) is 24.0 Å². The Morgan fingerprint density at radius 1 is 0.944 bits per heavy atom. The van der Waals surface area contributed by atoms with Gasteiger partial charge in [0.2, 0.25) is 6.10 Å². The van der Waals surface area contributed by atoms with Crippen molar-refractivity contribution in [2.24, 2.45) is 0 Å². The van der Waals surface area contributed by atoms with E-state index in [0.29, 0.717) is 26.9 Å². The summed E-state index contributed by atoms with van der Waals surface area (Å²) in [5.74, 6) is -0.606. The molecule has 9 heteroatoms. The van der Waals surface area contributed by atoms with Crippen molar-refractivity contribution in [1.29, 1.82) is 0 Å². The highest BCUT2D eigenvalue weighted by Gasteiger charge is 2.27. The van der Waals surface area contributed by atoms with Crippen LogP contribution in [0.25, 0.3) is 20.1 Å². The molecule has 0 aliphatic heterocycles. The van der Waals surface area contributed by atoms with Crippen LogP contribution < -0.4 is 10.1 Å². The number of fused-ring (bicyclic) bond motifs is 1. The van der Waals surface area contributed by atoms with Crippen LogP contribution >= 0.6 is 34.3 Å². The predicted molar refractivity (Wildman–Crippen MR) is 144 cm³/mol. The van der Waals surface area contributed by atoms with Crippen molar-refractivity contribution >= 4 is 62.1 Å². The van der Waals surface area contributed by atoms with E-state index in [1.54, 1.807) is 59.9 Å². The number of rotatable bonds is 7. The molecular weight excluding hydrogens is 516 g/mol. The van der Waals surface area contributed by atoms with Gasteiger partial charge in [0.25, 0.3) is 5.91 Å². The van der Waals surface area contributed by atoms with Gasteiger partial charge in [0.05, 0.1) is 27.2 Å². The lowest BCUT2D eigenvalue weighted by atomic mass is 10.1. The highest BCUT2D eigenvalue weighted by molar-refractivity contribution is 7.26. The first-order valence-electron chi connectivity index (χ1n) is 10.9. The number of halogens is 1. The van der Waals surface area contributed by atoms with Gasteiger partial charge in [-0.15, -0.1) is 22.7 Å². The van der Waals surface area contributed by atoms with E-state index in [0.717, 1.165) is 20.1 Å². The summed E-state index contributed by atoms with van der Waals surface area (Å²) in [6.07, 6.45) is -1.16. The summed E-state index contributed by atoms with van der Waals surface area (Å²) in [5.41, 5.74) is 1.91. The lowest BCUT2D eigenvalue weighted by molar-refractivity contribution is -0.125. The fourth-order valence-corrected chi connectivity index (χ4v) is 5.72. The summed E-state index contributed by atoms with van der Waals surface area (Å²) in [5, 5.41) is 3.95. The Labute approximate surface area is 220 Å². The maximum absolute atomic E-state index is 13.2. The van der Waals surface area contributed by atoms with Crippen molar-refractivity contribution < 1.29 is 19.1 Å². The van der Waals surface area contributed by atoms with E-state index < -0.39 is 18.0 Å². The maximum atomic E-state index is 13.2. The van der Waals surface area contributed by atoms with E-state index in [1.807, 2.05) is 36.4 Å². The van der Waals surface area contributed by atoms with E-state index in [2.05, 4.69) is 10.3 Å². The van der Waals surface area contributed by atoms with Gasteiger partial charge >= 0.3 is 5.97 Å². The van der Waals surface area contributed by atoms with Gasteiger partial charge in [-0.3, -0.25) is 4.79 Å². The monoisotopic (exact) mass is 534 g/mol. The van der Waals surface area contributed by atoms with Crippen molar-refractivity contribution in [2.75, 3.05) is 12.4 Å². The number of benzene rings is 3. The second-order valence-corrected chi connectivity index (χ2v) is 10.2. The van der Waals surface area contributed by atoms with Crippen LogP contribution in [0.5, 0.6) is 5.75 Å². The fraction of sp³-hybridized carbons (Fsp3) is 0.0741. The quantitative estimate of drug-likeness (QED) is 0.223. The van der Waals surface area contributed by atoms with Gasteiger partial charge in [-0.1, -0.05) is 54.1 Å². The molecular formula is C27H19ClN2O4S2. The summed E-state index contributed by atoms with van der Waals surface area (Å²) < 4.78 is 12.0. The molecule has 36 heavy (non-hydrogen) atoms. The number of nitrogens with zero attached hydrogens (tertiary/aromatic N) is 1. The number of aromatic nitrogens is 1. The number of esters is 1. The minimum absolute atomic E-state index is 0.351. The largest absolute Gasteiger partial charge is 0.495 e. The summed E-state index contributed by atoms with van der Waals surface area (Å²) in [7, 11) is 1.51. The standard InChI is InChI=1S/C27H19ClN2O4S2/c1-33-20-12-11-17(15-18(20)28)29-25(31)24(16-7-3-2-4-8-16)34-27(32)23-14-13-22(35-23)26-30-19-9-5-6-10-21(19)36-26/h2-15,24H,1H3,(H,29,31). The molecule has 5 rings (SSSR count). The van der Waals surface area contributed by atoms with Gasteiger partial charge in [-0.05, 0) is 42.5 Å². The van der Waals surface area contributed by atoms with Crippen molar-refractivity contribution in [3.63, 3.8) is 0 Å². The number of anilines is 1. The number of amides is 1. The Bertz CT molecular complexity index is 1510. The minimum Gasteiger partial charge on any atom is -0.495 e. The van der Waals surface area contributed by atoms with Gasteiger partial charge in [0.1, 0.15) is 15.6 Å². The van der Waals surface area contributed by atoms with Crippen molar-refractivity contribution in [1.82, 2.24) is 4.98 Å². The number of carbonyl (C=O) groups is 2. The van der Waals surface area contributed by atoms with E-state index in [-0.39, 0.29) is 0 Å². The van der Waals surface area contributed by atoms with E-state index in [4.69, 9.17) is 21.1 Å². The first-order chi connectivity index (χ1) is 17.5. The molecule has 180 valence electrons. The van der Waals surface area contributed by atoms with Crippen LogP contribution in [-0.2, 0) is 9.53 Å². The Kier molecular flexibility index (Phi) is 6.99. The number of thiazole rings is 1. The zero-order valence-corrected chi connectivity index (χ0v) is 21.3. The SMILES string of the molecule is COc1ccc(NC(=O)C(OC(=O)c2ccc(-c3nc4ccccc4s3)s2)c2ccccc2)cc1Cl. The third-order valence-corrected chi connectivity index (χ3v) is 7.86. The van der Waals surface area contributed by atoms with Gasteiger partial charge < -0.3 is 14.8 Å². The number of hydrogen-bond donors (Lipinski definition) is 1. The fourth-order valence-electron chi connectivity index (χ4n) is 3.56. The summed E-state index contributed by atoms with van der Waals surface area (Å²) in [6.45, 7) is 0. The smallest absolute Gasteiger partial charge is 0.349 e. The third kappa shape index (κ3) is 5.11. The Morgan fingerprint density at radius 3 is 2.47 bits per heavy atom. The lowest BCUT2D eigenvalue weighted by Crippen LogP contribution is -2.25. The summed E-state index contributed by atoms with van der Waals surface area (Å²) >= 11 is 9.03. The Hall–Kier alpha value is -3.72. The molecule has 0 spiro atoms. The van der Waals surface area contributed by atoms with Crippen LogP contribution in [0.1, 0.15) is 21.3 Å². The molecule has 3 aromatic carbocycles. The van der Waals surface area contributed by atoms with E-state index in [1.165, 1.54) is 18.4 Å². The number of thiophene rings is 1. The highest BCUT2D eigenvalue weighted by atomic mass is 35.5. The molecule has 1 N–H and O–H groups in total. The van der Waals surface area contributed by atoms with Crippen molar-refractivity contribution in [3.8, 4) is 15.6 Å². The van der Waals surface area contributed by atoms with Gasteiger partial charge in [0, 0.05) is 11.3 Å². The number of ether oxygens (including phenoxy) is 2. The van der Waals surface area contributed by atoms with Crippen molar-refractivity contribution in [2.45, 2.75) is 6.10 Å². The molecule has 0 bridgehead atoms. The van der Waals surface area contributed by atoms with Crippen molar-refractivity contribution in [3.05, 3.63) is 100 Å². The van der Waals surface area contributed by atoms with Crippen LogP contribution in [0.3, 0.4) is 0 Å². The topological polar surface area (TPSA) is 77.5 Å². The molecule has 0 saturated heterocycles. The second kappa shape index (κ2) is 10.5. The Morgan fingerprint density at radius 2 is 1.72 bits per heavy atom. The van der Waals surface area contributed by atoms with Crippen LogP contribution in [0.15, 0.2) is 84.9 Å². The molecule has 0 aliphatic carbocycles. The third-order valence-electron chi connectivity index (χ3n) is 5.30. The van der Waals surface area contributed by atoms with Gasteiger partial charge in [0.15, 0.2) is 0 Å². The summed E-state index contributed by atoms with van der Waals surface area (Å²) in [6, 6.07) is 25.2. The van der Waals surface area contributed by atoms with E-state index >= 15 is 0 Å². The molecule has 0 saturated carbocycles.